The number of pyridine rings is 1. The van der Waals surface area contributed by atoms with Crippen molar-refractivity contribution in [1.82, 2.24) is 4.98 Å². The van der Waals surface area contributed by atoms with Crippen LogP contribution in [0.15, 0.2) is 12.1 Å². The van der Waals surface area contributed by atoms with Crippen LogP contribution in [0.1, 0.15) is 6.42 Å². The van der Waals surface area contributed by atoms with E-state index in [-0.39, 0.29) is 29.2 Å². The van der Waals surface area contributed by atoms with Gasteiger partial charge in [0.2, 0.25) is 11.8 Å². The van der Waals surface area contributed by atoms with E-state index in [1.807, 2.05) is 0 Å². The molecule has 0 radical (unpaired) electrons. The van der Waals surface area contributed by atoms with Gasteiger partial charge in [0, 0.05) is 13.0 Å². The van der Waals surface area contributed by atoms with Crippen molar-refractivity contribution in [3.63, 3.8) is 0 Å². The predicted molar refractivity (Wildman–Crippen MR) is 63.9 cm³/mol. The van der Waals surface area contributed by atoms with E-state index in [2.05, 4.69) is 4.98 Å². The predicted octanol–water partition coefficient (Wildman–Crippen LogP) is 1.23. The van der Waals surface area contributed by atoms with Crippen molar-refractivity contribution in [1.29, 1.82) is 0 Å². The molecule has 1 saturated heterocycles. The summed E-state index contributed by atoms with van der Waals surface area (Å²) in [6, 6.07) is 3.13. The van der Waals surface area contributed by atoms with Crippen molar-refractivity contribution < 1.29 is 9.59 Å². The average molecular weight is 274 g/mol. The molecule has 1 unspecified atom stereocenters. The lowest BCUT2D eigenvalue weighted by atomic mass is 10.1. The molecule has 1 aliphatic rings. The maximum absolute atomic E-state index is 11.7. The van der Waals surface area contributed by atoms with E-state index in [4.69, 9.17) is 28.9 Å². The smallest absolute Gasteiger partial charge is 0.227 e. The Morgan fingerprint density at radius 2 is 2.18 bits per heavy atom. The van der Waals surface area contributed by atoms with Crippen LogP contribution in [0.4, 0.5) is 5.69 Å². The van der Waals surface area contributed by atoms with Crippen LogP contribution in [0.25, 0.3) is 0 Å². The largest absolute Gasteiger partial charge is 0.369 e. The number of anilines is 1. The molecule has 2 rings (SSSR count). The molecular weight excluding hydrogens is 265 g/mol. The Balaban J connectivity index is 2.29. The van der Waals surface area contributed by atoms with Crippen LogP contribution in [-0.2, 0) is 9.59 Å². The van der Waals surface area contributed by atoms with E-state index in [1.54, 1.807) is 6.07 Å². The van der Waals surface area contributed by atoms with Crippen LogP contribution in [0.3, 0.4) is 0 Å². The van der Waals surface area contributed by atoms with E-state index >= 15 is 0 Å². The molecule has 1 aromatic rings. The number of halogens is 2. The van der Waals surface area contributed by atoms with Gasteiger partial charge in [-0.2, -0.15) is 0 Å². The van der Waals surface area contributed by atoms with Gasteiger partial charge in [0.15, 0.2) is 5.15 Å². The first-order valence-electron chi connectivity index (χ1n) is 4.90. The van der Waals surface area contributed by atoms with Gasteiger partial charge < -0.3 is 10.6 Å². The standard InChI is InChI=1S/C10H9Cl2N3O2/c11-7-2-1-6(9(12)14-7)15-4-5(10(13)17)3-8(15)16/h1-2,5H,3-4H2,(H2,13,17). The number of primary amides is 1. The molecule has 90 valence electrons. The molecule has 17 heavy (non-hydrogen) atoms. The number of nitrogens with two attached hydrogens (primary N) is 1. The first-order chi connectivity index (χ1) is 7.99. The minimum absolute atomic E-state index is 0.105. The van der Waals surface area contributed by atoms with E-state index in [0.29, 0.717) is 5.69 Å². The molecule has 1 aromatic heterocycles. The number of hydrogen-bond donors (Lipinski definition) is 1. The summed E-state index contributed by atoms with van der Waals surface area (Å²) in [5, 5.41) is 0.382. The monoisotopic (exact) mass is 273 g/mol. The molecule has 1 aliphatic heterocycles. The molecule has 0 aromatic carbocycles. The Morgan fingerprint density at radius 1 is 1.47 bits per heavy atom. The summed E-state index contributed by atoms with van der Waals surface area (Å²) in [4.78, 5) is 28.0. The first-order valence-corrected chi connectivity index (χ1v) is 5.66. The maximum Gasteiger partial charge on any atom is 0.227 e. The highest BCUT2D eigenvalue weighted by atomic mass is 35.5. The highest BCUT2D eigenvalue weighted by Gasteiger charge is 2.34. The molecule has 2 heterocycles. The van der Waals surface area contributed by atoms with Crippen LogP contribution in [0, 0.1) is 5.92 Å². The molecule has 0 aliphatic carbocycles. The van der Waals surface area contributed by atoms with Gasteiger partial charge in [-0.1, -0.05) is 23.2 Å². The molecule has 0 bridgehead atoms. The normalized spacial score (nSPS) is 19.8. The zero-order valence-corrected chi connectivity index (χ0v) is 10.2. The molecule has 0 spiro atoms. The second kappa shape index (κ2) is 4.50. The minimum Gasteiger partial charge on any atom is -0.369 e. The first kappa shape index (κ1) is 12.1. The maximum atomic E-state index is 11.7. The zero-order chi connectivity index (χ0) is 12.6. The summed E-state index contributed by atoms with van der Waals surface area (Å²) in [6.07, 6.45) is 0.105. The lowest BCUT2D eigenvalue weighted by molar-refractivity contribution is -0.123. The second-order valence-corrected chi connectivity index (χ2v) is 4.50. The van der Waals surface area contributed by atoms with Crippen molar-refractivity contribution >= 4 is 40.7 Å². The van der Waals surface area contributed by atoms with Gasteiger partial charge in [-0.15, -0.1) is 0 Å². The van der Waals surface area contributed by atoms with Crippen LogP contribution in [0.2, 0.25) is 10.3 Å². The summed E-state index contributed by atoms with van der Waals surface area (Å²) in [5.41, 5.74) is 5.62. The van der Waals surface area contributed by atoms with Crippen molar-refractivity contribution in [2.24, 2.45) is 11.7 Å². The van der Waals surface area contributed by atoms with Gasteiger partial charge >= 0.3 is 0 Å². The Kier molecular flexibility index (Phi) is 3.22. The Morgan fingerprint density at radius 3 is 2.71 bits per heavy atom. The van der Waals surface area contributed by atoms with Crippen LogP contribution in [-0.4, -0.2) is 23.3 Å². The second-order valence-electron chi connectivity index (χ2n) is 3.75. The molecule has 1 atom stereocenters. The van der Waals surface area contributed by atoms with Crippen molar-refractivity contribution in [2.45, 2.75) is 6.42 Å². The lowest BCUT2D eigenvalue weighted by Gasteiger charge is -2.17. The Bertz CT molecular complexity index is 492. The molecule has 5 nitrogen and oxygen atoms in total. The number of carbonyl (C=O) groups excluding carboxylic acids is 2. The molecule has 7 heteroatoms. The fraction of sp³-hybridized carbons (Fsp3) is 0.300. The van der Waals surface area contributed by atoms with E-state index in [1.165, 1.54) is 11.0 Å². The number of amides is 2. The number of carbonyl (C=O) groups is 2. The average Bonchev–Trinajstić information content (AvgIpc) is 2.61. The van der Waals surface area contributed by atoms with Gasteiger partial charge in [0.1, 0.15) is 5.15 Å². The molecule has 1 fully saturated rings. The molecule has 2 N–H and O–H groups in total. The number of rotatable bonds is 2. The van der Waals surface area contributed by atoms with Crippen molar-refractivity contribution in [3.05, 3.63) is 22.4 Å². The highest BCUT2D eigenvalue weighted by molar-refractivity contribution is 6.34. The fourth-order valence-corrected chi connectivity index (χ4v) is 2.18. The zero-order valence-electron chi connectivity index (χ0n) is 8.69. The van der Waals surface area contributed by atoms with Gasteiger partial charge in [0.25, 0.3) is 0 Å². The van der Waals surface area contributed by atoms with Crippen LogP contribution in [0.5, 0.6) is 0 Å². The fourth-order valence-electron chi connectivity index (χ4n) is 1.74. The van der Waals surface area contributed by atoms with Gasteiger partial charge in [0.05, 0.1) is 11.6 Å². The minimum atomic E-state index is -0.487. The summed E-state index contributed by atoms with van der Waals surface area (Å²) < 4.78 is 0. The molecule has 0 saturated carbocycles. The molecule has 2 amide bonds. The van der Waals surface area contributed by atoms with Gasteiger partial charge in [-0.3, -0.25) is 9.59 Å². The topological polar surface area (TPSA) is 76.3 Å². The van der Waals surface area contributed by atoms with E-state index < -0.39 is 11.8 Å². The third-order valence-electron chi connectivity index (χ3n) is 2.61. The van der Waals surface area contributed by atoms with Crippen LogP contribution < -0.4 is 10.6 Å². The number of aromatic nitrogens is 1. The summed E-state index contributed by atoms with van der Waals surface area (Å²) in [5.74, 6) is -1.16. The van der Waals surface area contributed by atoms with E-state index in [9.17, 15) is 9.59 Å². The Hall–Kier alpha value is -1.33. The third kappa shape index (κ3) is 2.35. The highest BCUT2D eigenvalue weighted by Crippen LogP contribution is 2.30. The van der Waals surface area contributed by atoms with Crippen molar-refractivity contribution in [2.75, 3.05) is 11.4 Å². The Labute approximate surface area is 107 Å². The van der Waals surface area contributed by atoms with Gasteiger partial charge in [-0.25, -0.2) is 4.98 Å². The quantitative estimate of drug-likeness (QED) is 0.824. The van der Waals surface area contributed by atoms with E-state index in [0.717, 1.165) is 0 Å². The van der Waals surface area contributed by atoms with Gasteiger partial charge in [-0.05, 0) is 12.1 Å². The number of nitrogens with zero attached hydrogens (tertiary/aromatic N) is 2. The molecular formula is C10H9Cl2N3O2. The van der Waals surface area contributed by atoms with Crippen molar-refractivity contribution in [3.8, 4) is 0 Å². The summed E-state index contributed by atoms with van der Waals surface area (Å²) in [6.45, 7) is 0.233. The SMILES string of the molecule is NC(=O)C1CC(=O)N(c2ccc(Cl)nc2Cl)C1. The van der Waals surface area contributed by atoms with Crippen LogP contribution >= 0.6 is 23.2 Å². The summed E-state index contributed by atoms with van der Waals surface area (Å²) >= 11 is 11.6. The third-order valence-corrected chi connectivity index (χ3v) is 3.10. The number of hydrogen-bond acceptors (Lipinski definition) is 3. The summed E-state index contributed by atoms with van der Waals surface area (Å²) in [7, 11) is 0. The lowest BCUT2D eigenvalue weighted by Crippen LogP contribution is -2.28.